The van der Waals surface area contributed by atoms with E-state index in [0.717, 1.165) is 30.6 Å². The second-order valence-corrected chi connectivity index (χ2v) is 7.06. The lowest BCUT2D eigenvalue weighted by Crippen LogP contribution is -2.37. The first-order chi connectivity index (χ1) is 9.74. The maximum atomic E-state index is 5.79. The van der Waals surface area contributed by atoms with Crippen LogP contribution in [0.2, 0.25) is 0 Å². The number of rotatable bonds is 6. The van der Waals surface area contributed by atoms with E-state index in [9.17, 15) is 0 Å². The monoisotopic (exact) mass is 272 g/mol. The van der Waals surface area contributed by atoms with Crippen LogP contribution in [0.15, 0.2) is 24.3 Å². The normalized spacial score (nSPS) is 29.8. The molecular formula is C18H28N2. The number of benzene rings is 1. The Morgan fingerprint density at radius 3 is 2.85 bits per heavy atom. The summed E-state index contributed by atoms with van der Waals surface area (Å²) in [6.07, 6.45) is 9.51. The van der Waals surface area contributed by atoms with Gasteiger partial charge < -0.3 is 0 Å². The Balaban J connectivity index is 1.50. The average molecular weight is 272 g/mol. The molecule has 0 aliphatic heterocycles. The van der Waals surface area contributed by atoms with Crippen LogP contribution in [-0.2, 0) is 6.42 Å². The Bertz CT molecular complexity index is 443. The van der Waals surface area contributed by atoms with Crippen molar-refractivity contribution in [2.24, 2.45) is 23.6 Å². The highest BCUT2D eigenvalue weighted by atomic mass is 15.2. The van der Waals surface area contributed by atoms with E-state index in [1.807, 2.05) is 0 Å². The third kappa shape index (κ3) is 3.24. The SMILES string of the molecule is Cc1cccc(CCC(CC2CC3CCC2C3)NN)c1. The second-order valence-electron chi connectivity index (χ2n) is 7.06. The Morgan fingerprint density at radius 1 is 1.30 bits per heavy atom. The van der Waals surface area contributed by atoms with Crippen LogP contribution in [0.4, 0.5) is 0 Å². The zero-order chi connectivity index (χ0) is 13.9. The molecule has 3 rings (SSSR count). The first-order valence-corrected chi connectivity index (χ1v) is 8.26. The molecule has 2 saturated carbocycles. The maximum Gasteiger partial charge on any atom is 0.0216 e. The number of aryl methyl sites for hydroxylation is 2. The van der Waals surface area contributed by atoms with E-state index in [-0.39, 0.29) is 0 Å². The first kappa shape index (κ1) is 14.1. The van der Waals surface area contributed by atoms with Crippen LogP contribution in [0.1, 0.15) is 49.7 Å². The largest absolute Gasteiger partial charge is 0.271 e. The van der Waals surface area contributed by atoms with Crippen molar-refractivity contribution in [3.05, 3.63) is 35.4 Å². The van der Waals surface area contributed by atoms with E-state index in [0.29, 0.717) is 6.04 Å². The van der Waals surface area contributed by atoms with Crippen molar-refractivity contribution in [2.45, 2.75) is 57.9 Å². The number of nitrogens with two attached hydrogens (primary N) is 1. The molecule has 0 spiro atoms. The van der Waals surface area contributed by atoms with Gasteiger partial charge in [-0.05, 0) is 68.8 Å². The molecule has 2 heteroatoms. The Hall–Kier alpha value is -0.860. The van der Waals surface area contributed by atoms with Gasteiger partial charge in [0.1, 0.15) is 0 Å². The Kier molecular flexibility index (Phi) is 4.42. The fourth-order valence-electron chi connectivity index (χ4n) is 4.51. The van der Waals surface area contributed by atoms with Crippen LogP contribution in [-0.4, -0.2) is 6.04 Å². The van der Waals surface area contributed by atoms with Gasteiger partial charge >= 0.3 is 0 Å². The van der Waals surface area contributed by atoms with Gasteiger partial charge in [-0.25, -0.2) is 0 Å². The lowest BCUT2D eigenvalue weighted by Gasteiger charge is -2.26. The minimum Gasteiger partial charge on any atom is -0.271 e. The van der Waals surface area contributed by atoms with Gasteiger partial charge in [0.15, 0.2) is 0 Å². The third-order valence-corrected chi connectivity index (χ3v) is 5.57. The predicted molar refractivity (Wildman–Crippen MR) is 84.2 cm³/mol. The fraction of sp³-hybridized carbons (Fsp3) is 0.667. The highest BCUT2D eigenvalue weighted by Gasteiger charge is 2.39. The minimum absolute atomic E-state index is 0.486. The van der Waals surface area contributed by atoms with Gasteiger partial charge in [0.05, 0.1) is 0 Å². The summed E-state index contributed by atoms with van der Waals surface area (Å²) in [5.74, 6) is 8.78. The van der Waals surface area contributed by atoms with E-state index in [1.54, 1.807) is 0 Å². The lowest BCUT2D eigenvalue weighted by molar-refractivity contribution is 0.272. The van der Waals surface area contributed by atoms with Crippen LogP contribution in [0.25, 0.3) is 0 Å². The van der Waals surface area contributed by atoms with Gasteiger partial charge in [0.2, 0.25) is 0 Å². The van der Waals surface area contributed by atoms with Crippen LogP contribution >= 0.6 is 0 Å². The van der Waals surface area contributed by atoms with E-state index in [2.05, 4.69) is 36.6 Å². The average Bonchev–Trinajstić information content (AvgIpc) is 3.06. The number of hydrogen-bond acceptors (Lipinski definition) is 2. The van der Waals surface area contributed by atoms with Crippen molar-refractivity contribution in [1.29, 1.82) is 0 Å². The predicted octanol–water partition coefficient (Wildman–Crippen LogP) is 3.59. The van der Waals surface area contributed by atoms with Crippen molar-refractivity contribution in [2.75, 3.05) is 0 Å². The fourth-order valence-corrected chi connectivity index (χ4v) is 4.51. The molecule has 1 aromatic carbocycles. The molecule has 4 atom stereocenters. The van der Waals surface area contributed by atoms with Crippen LogP contribution in [0, 0.1) is 24.7 Å². The first-order valence-electron chi connectivity index (χ1n) is 8.26. The Labute approximate surface area is 123 Å². The zero-order valence-electron chi connectivity index (χ0n) is 12.6. The summed E-state index contributed by atoms with van der Waals surface area (Å²) < 4.78 is 0. The summed E-state index contributed by atoms with van der Waals surface area (Å²) in [5, 5.41) is 0. The number of hydrogen-bond donors (Lipinski definition) is 2. The molecule has 4 unspecified atom stereocenters. The minimum atomic E-state index is 0.486. The van der Waals surface area contributed by atoms with E-state index >= 15 is 0 Å². The van der Waals surface area contributed by atoms with Crippen LogP contribution in [0.5, 0.6) is 0 Å². The zero-order valence-corrected chi connectivity index (χ0v) is 12.6. The summed E-state index contributed by atoms with van der Waals surface area (Å²) in [4.78, 5) is 0. The molecule has 0 saturated heterocycles. The summed E-state index contributed by atoms with van der Waals surface area (Å²) in [5.41, 5.74) is 5.87. The molecule has 2 aliphatic rings. The summed E-state index contributed by atoms with van der Waals surface area (Å²) in [7, 11) is 0. The molecule has 20 heavy (non-hydrogen) atoms. The molecule has 0 aromatic heterocycles. The van der Waals surface area contributed by atoms with Crippen molar-refractivity contribution in [3.8, 4) is 0 Å². The molecule has 3 N–H and O–H groups in total. The molecule has 2 fully saturated rings. The summed E-state index contributed by atoms with van der Waals surface area (Å²) in [6.45, 7) is 2.16. The number of hydrazine groups is 1. The van der Waals surface area contributed by atoms with Gasteiger partial charge in [-0.2, -0.15) is 0 Å². The van der Waals surface area contributed by atoms with Gasteiger partial charge in [-0.15, -0.1) is 0 Å². The van der Waals surface area contributed by atoms with Gasteiger partial charge in [-0.1, -0.05) is 36.2 Å². The maximum absolute atomic E-state index is 5.79. The Morgan fingerprint density at radius 2 is 2.20 bits per heavy atom. The summed E-state index contributed by atoms with van der Waals surface area (Å²) >= 11 is 0. The molecule has 110 valence electrons. The van der Waals surface area contributed by atoms with E-state index < -0.39 is 0 Å². The molecule has 2 aliphatic carbocycles. The topological polar surface area (TPSA) is 38.0 Å². The van der Waals surface area contributed by atoms with Crippen molar-refractivity contribution in [1.82, 2.24) is 5.43 Å². The van der Waals surface area contributed by atoms with Crippen LogP contribution < -0.4 is 11.3 Å². The molecule has 0 amide bonds. The highest BCUT2D eigenvalue weighted by molar-refractivity contribution is 5.22. The highest BCUT2D eigenvalue weighted by Crippen LogP contribution is 2.49. The second kappa shape index (κ2) is 6.28. The molecule has 2 nitrogen and oxygen atoms in total. The molecular weight excluding hydrogens is 244 g/mol. The van der Waals surface area contributed by atoms with Gasteiger partial charge in [0, 0.05) is 6.04 Å². The number of fused-ring (bicyclic) bond motifs is 2. The van der Waals surface area contributed by atoms with Crippen molar-refractivity contribution >= 4 is 0 Å². The molecule has 0 radical (unpaired) electrons. The quantitative estimate of drug-likeness (QED) is 0.613. The van der Waals surface area contributed by atoms with Crippen LogP contribution in [0.3, 0.4) is 0 Å². The van der Waals surface area contributed by atoms with E-state index in [1.165, 1.54) is 43.2 Å². The standard InChI is InChI=1S/C18H28N2/c1-13-3-2-4-14(9-13)6-8-18(20-19)12-17-11-15-5-7-16(17)10-15/h2-4,9,15-18,20H,5-8,10-12,19H2,1H3. The lowest BCUT2D eigenvalue weighted by atomic mass is 9.83. The molecule has 2 bridgehead atoms. The number of nitrogens with one attached hydrogen (secondary N) is 1. The van der Waals surface area contributed by atoms with Gasteiger partial charge in [-0.3, -0.25) is 11.3 Å². The molecule has 1 aromatic rings. The molecule has 0 heterocycles. The van der Waals surface area contributed by atoms with E-state index in [4.69, 9.17) is 5.84 Å². The van der Waals surface area contributed by atoms with Gasteiger partial charge in [0.25, 0.3) is 0 Å². The third-order valence-electron chi connectivity index (χ3n) is 5.57. The summed E-state index contributed by atoms with van der Waals surface area (Å²) in [6, 6.07) is 9.34. The smallest absolute Gasteiger partial charge is 0.0216 e. The van der Waals surface area contributed by atoms with Crippen molar-refractivity contribution in [3.63, 3.8) is 0 Å². The van der Waals surface area contributed by atoms with Crippen molar-refractivity contribution < 1.29 is 0 Å².